The number of benzene rings is 3. The van der Waals surface area contributed by atoms with Crippen LogP contribution in [-0.2, 0) is 6.61 Å². The Kier molecular flexibility index (Phi) is 7.25. The van der Waals surface area contributed by atoms with E-state index in [-0.39, 0.29) is 0 Å². The number of halogens is 3. The molecule has 0 amide bonds. The van der Waals surface area contributed by atoms with E-state index in [9.17, 15) is 0 Å². The Morgan fingerprint density at radius 3 is 2.55 bits per heavy atom. The third-order valence-electron chi connectivity index (χ3n) is 4.28. The number of hydrazone groups is 1. The molecular formula is C23H16BrCl2N3OS. The number of thiazole rings is 1. The monoisotopic (exact) mass is 531 g/mol. The van der Waals surface area contributed by atoms with Crippen molar-refractivity contribution in [3.63, 3.8) is 0 Å². The molecule has 0 atom stereocenters. The van der Waals surface area contributed by atoms with Crippen LogP contribution in [0.5, 0.6) is 5.75 Å². The Morgan fingerprint density at radius 2 is 1.81 bits per heavy atom. The molecule has 156 valence electrons. The van der Waals surface area contributed by atoms with Gasteiger partial charge in [0.2, 0.25) is 5.13 Å². The fourth-order valence-electron chi connectivity index (χ4n) is 2.71. The molecule has 0 radical (unpaired) electrons. The smallest absolute Gasteiger partial charge is 0.203 e. The molecule has 0 saturated carbocycles. The highest BCUT2D eigenvalue weighted by Gasteiger charge is 2.08. The molecule has 4 rings (SSSR count). The number of rotatable bonds is 7. The fourth-order valence-corrected chi connectivity index (χ4v) is 4.13. The zero-order valence-electron chi connectivity index (χ0n) is 16.1. The number of nitrogens with zero attached hydrogens (tertiary/aromatic N) is 2. The minimum atomic E-state index is 0.520. The summed E-state index contributed by atoms with van der Waals surface area (Å²) < 4.78 is 6.87. The van der Waals surface area contributed by atoms with E-state index in [2.05, 4.69) is 31.4 Å². The predicted octanol–water partition coefficient (Wildman–Crippen LogP) is 7.90. The van der Waals surface area contributed by atoms with Crippen molar-refractivity contribution in [1.82, 2.24) is 4.98 Å². The number of nitrogens with one attached hydrogen (secondary N) is 1. The van der Waals surface area contributed by atoms with Crippen molar-refractivity contribution in [2.24, 2.45) is 5.10 Å². The summed E-state index contributed by atoms with van der Waals surface area (Å²) in [5.41, 5.74) is 6.62. The largest absolute Gasteiger partial charge is 0.489 e. The van der Waals surface area contributed by atoms with Crippen LogP contribution in [0.1, 0.15) is 11.1 Å². The first-order chi connectivity index (χ1) is 15.1. The average molecular weight is 533 g/mol. The summed E-state index contributed by atoms with van der Waals surface area (Å²) in [7, 11) is 0. The van der Waals surface area contributed by atoms with E-state index in [4.69, 9.17) is 27.9 Å². The van der Waals surface area contributed by atoms with Crippen LogP contribution in [0, 0.1) is 0 Å². The van der Waals surface area contributed by atoms with Crippen molar-refractivity contribution in [1.29, 1.82) is 0 Å². The van der Waals surface area contributed by atoms with E-state index in [1.54, 1.807) is 18.3 Å². The van der Waals surface area contributed by atoms with Gasteiger partial charge in [0.05, 0.1) is 16.9 Å². The Hall–Kier alpha value is -2.38. The molecule has 8 heteroatoms. The van der Waals surface area contributed by atoms with Gasteiger partial charge in [0, 0.05) is 20.4 Å². The molecule has 31 heavy (non-hydrogen) atoms. The second-order valence-electron chi connectivity index (χ2n) is 6.52. The van der Waals surface area contributed by atoms with Crippen molar-refractivity contribution in [2.75, 3.05) is 5.43 Å². The fraction of sp³-hybridized carbons (Fsp3) is 0.0435. The van der Waals surface area contributed by atoms with Crippen molar-refractivity contribution < 1.29 is 4.74 Å². The third-order valence-corrected chi connectivity index (χ3v) is 6.11. The summed E-state index contributed by atoms with van der Waals surface area (Å²) in [5, 5.41) is 8.01. The molecule has 0 fully saturated rings. The van der Waals surface area contributed by atoms with E-state index in [0.717, 1.165) is 32.6 Å². The molecule has 0 aliphatic rings. The zero-order chi connectivity index (χ0) is 21.6. The topological polar surface area (TPSA) is 46.5 Å². The SMILES string of the molecule is Clc1ccc(-c2csc(N/N=C\c3ccc(OCc4ccc(Br)cc4)cc3)n2)c(Cl)c1. The first-order valence-corrected chi connectivity index (χ1v) is 11.7. The number of hydrogen-bond donors (Lipinski definition) is 1. The molecule has 1 aromatic heterocycles. The van der Waals surface area contributed by atoms with Crippen LogP contribution in [0.3, 0.4) is 0 Å². The van der Waals surface area contributed by atoms with Gasteiger partial charge in [-0.15, -0.1) is 11.3 Å². The first-order valence-electron chi connectivity index (χ1n) is 9.24. The van der Waals surface area contributed by atoms with Gasteiger partial charge in [-0.3, -0.25) is 5.43 Å². The quantitative estimate of drug-likeness (QED) is 0.194. The minimum absolute atomic E-state index is 0.520. The summed E-state index contributed by atoms with van der Waals surface area (Å²) in [6, 6.07) is 21.1. The molecule has 4 aromatic rings. The minimum Gasteiger partial charge on any atom is -0.489 e. The van der Waals surface area contributed by atoms with E-state index >= 15 is 0 Å². The van der Waals surface area contributed by atoms with Gasteiger partial charge in [0.25, 0.3) is 0 Å². The molecule has 1 heterocycles. The maximum Gasteiger partial charge on any atom is 0.203 e. The number of aromatic nitrogens is 1. The van der Waals surface area contributed by atoms with E-state index < -0.39 is 0 Å². The van der Waals surface area contributed by atoms with E-state index in [1.165, 1.54) is 11.3 Å². The van der Waals surface area contributed by atoms with Gasteiger partial charge in [-0.05, 0) is 65.7 Å². The summed E-state index contributed by atoms with van der Waals surface area (Å²) >= 11 is 17.1. The third kappa shape index (κ3) is 6.08. The molecular weight excluding hydrogens is 517 g/mol. The molecule has 3 aromatic carbocycles. The Labute approximate surface area is 202 Å². The van der Waals surface area contributed by atoms with Crippen LogP contribution in [0.4, 0.5) is 5.13 Å². The highest BCUT2D eigenvalue weighted by atomic mass is 79.9. The molecule has 0 spiro atoms. The summed E-state index contributed by atoms with van der Waals surface area (Å²) in [6.07, 6.45) is 1.73. The maximum atomic E-state index is 6.25. The molecule has 4 nitrogen and oxygen atoms in total. The van der Waals surface area contributed by atoms with Gasteiger partial charge in [0.15, 0.2) is 0 Å². The maximum absolute atomic E-state index is 6.25. The molecule has 0 unspecified atom stereocenters. The molecule has 1 N–H and O–H groups in total. The predicted molar refractivity (Wildman–Crippen MR) is 134 cm³/mol. The summed E-state index contributed by atoms with van der Waals surface area (Å²) in [4.78, 5) is 4.52. The molecule has 0 aliphatic heterocycles. The van der Waals surface area contributed by atoms with Gasteiger partial charge < -0.3 is 4.74 Å². The van der Waals surface area contributed by atoms with Crippen LogP contribution in [0.15, 0.2) is 81.7 Å². The lowest BCUT2D eigenvalue weighted by molar-refractivity contribution is 0.306. The number of anilines is 1. The second-order valence-corrected chi connectivity index (χ2v) is 9.13. The average Bonchev–Trinajstić information content (AvgIpc) is 3.23. The van der Waals surface area contributed by atoms with E-state index in [0.29, 0.717) is 21.8 Å². The van der Waals surface area contributed by atoms with Gasteiger partial charge in [0.1, 0.15) is 12.4 Å². The molecule has 0 aliphatic carbocycles. The van der Waals surface area contributed by atoms with Crippen molar-refractivity contribution in [3.8, 4) is 17.0 Å². The van der Waals surface area contributed by atoms with Gasteiger partial charge in [-0.25, -0.2) is 4.98 Å². The van der Waals surface area contributed by atoms with Crippen molar-refractivity contribution >= 4 is 61.8 Å². The standard InChI is InChI=1S/C23H16BrCl2N3OS/c24-17-5-1-16(2-6-17)13-30-19-8-3-15(4-9-19)12-27-29-23-28-22(14-31-23)20-10-7-18(25)11-21(20)26/h1-12,14H,13H2,(H,28,29)/b27-12-. The Morgan fingerprint density at radius 1 is 1.03 bits per heavy atom. The Balaban J connectivity index is 1.32. The van der Waals surface area contributed by atoms with Crippen molar-refractivity contribution in [2.45, 2.75) is 6.61 Å². The van der Waals surface area contributed by atoms with Gasteiger partial charge in [-0.1, -0.05) is 51.3 Å². The van der Waals surface area contributed by atoms with E-state index in [1.807, 2.05) is 60.0 Å². The van der Waals surface area contributed by atoms with Crippen molar-refractivity contribution in [3.05, 3.63) is 97.8 Å². The zero-order valence-corrected chi connectivity index (χ0v) is 20.0. The van der Waals surface area contributed by atoms with Crippen LogP contribution in [0.25, 0.3) is 11.3 Å². The lowest BCUT2D eigenvalue weighted by atomic mass is 10.2. The highest BCUT2D eigenvalue weighted by molar-refractivity contribution is 9.10. The molecule has 0 bridgehead atoms. The van der Waals surface area contributed by atoms with Crippen LogP contribution >= 0.6 is 50.5 Å². The Bertz CT molecular complexity index is 1190. The number of ether oxygens (including phenoxy) is 1. The lowest BCUT2D eigenvalue weighted by Gasteiger charge is -2.06. The highest BCUT2D eigenvalue weighted by Crippen LogP contribution is 2.32. The number of hydrogen-bond acceptors (Lipinski definition) is 5. The first kappa shape index (κ1) is 21.8. The van der Waals surface area contributed by atoms with Crippen LogP contribution in [0.2, 0.25) is 10.0 Å². The van der Waals surface area contributed by atoms with Gasteiger partial charge >= 0.3 is 0 Å². The second kappa shape index (κ2) is 10.3. The van der Waals surface area contributed by atoms with Gasteiger partial charge in [-0.2, -0.15) is 5.10 Å². The lowest BCUT2D eigenvalue weighted by Crippen LogP contribution is -1.95. The summed E-state index contributed by atoms with van der Waals surface area (Å²) in [6.45, 7) is 0.520. The molecule has 0 saturated heterocycles. The summed E-state index contributed by atoms with van der Waals surface area (Å²) in [5.74, 6) is 0.803. The van der Waals surface area contributed by atoms with Crippen LogP contribution in [-0.4, -0.2) is 11.2 Å². The normalized spacial score (nSPS) is 11.1. The van der Waals surface area contributed by atoms with Crippen LogP contribution < -0.4 is 10.2 Å².